The Labute approximate surface area is 180 Å². The van der Waals surface area contributed by atoms with Gasteiger partial charge in [-0.1, -0.05) is 18.2 Å². The summed E-state index contributed by atoms with van der Waals surface area (Å²) in [6.07, 6.45) is 6.48. The normalized spacial score (nSPS) is 10.3. The highest BCUT2D eigenvalue weighted by molar-refractivity contribution is 6.04. The highest BCUT2D eigenvalue weighted by atomic mass is 16.2. The molecule has 0 atom stereocenters. The van der Waals surface area contributed by atoms with Crippen molar-refractivity contribution in [3.63, 3.8) is 0 Å². The van der Waals surface area contributed by atoms with Crippen LogP contribution in [0.3, 0.4) is 0 Å². The zero-order valence-electron chi connectivity index (χ0n) is 17.1. The molecule has 0 aliphatic rings. The number of aryl methyl sites for hydroxylation is 1. The topological polar surface area (TPSA) is 105 Å². The highest BCUT2D eigenvalue weighted by Crippen LogP contribution is 2.11. The van der Waals surface area contributed by atoms with Crippen molar-refractivity contribution < 1.29 is 9.59 Å². The lowest BCUT2D eigenvalue weighted by Gasteiger charge is -2.09. The van der Waals surface area contributed by atoms with E-state index >= 15 is 0 Å². The van der Waals surface area contributed by atoms with E-state index in [1.807, 2.05) is 18.2 Å². The quantitative estimate of drug-likeness (QED) is 0.464. The molecule has 3 amide bonds. The van der Waals surface area contributed by atoms with E-state index in [1.54, 1.807) is 53.5 Å². The summed E-state index contributed by atoms with van der Waals surface area (Å²) in [5.74, 6) is -0.204. The van der Waals surface area contributed by atoms with Gasteiger partial charge in [0.25, 0.3) is 5.91 Å². The van der Waals surface area contributed by atoms with Crippen LogP contribution in [0.5, 0.6) is 0 Å². The van der Waals surface area contributed by atoms with Gasteiger partial charge in [0.05, 0.1) is 0 Å². The van der Waals surface area contributed by atoms with Gasteiger partial charge in [-0.2, -0.15) is 0 Å². The van der Waals surface area contributed by atoms with E-state index in [2.05, 4.69) is 20.9 Å². The second kappa shape index (κ2) is 11.3. The molecule has 2 heterocycles. The van der Waals surface area contributed by atoms with Gasteiger partial charge in [-0.25, -0.2) is 4.79 Å². The summed E-state index contributed by atoms with van der Waals surface area (Å²) in [4.78, 5) is 39.6. The van der Waals surface area contributed by atoms with Crippen molar-refractivity contribution >= 4 is 17.6 Å². The molecular weight excluding hydrogens is 394 g/mol. The molecule has 8 nitrogen and oxygen atoms in total. The maximum Gasteiger partial charge on any atom is 0.315 e. The molecule has 0 fully saturated rings. The fraction of sp³-hybridized carbons (Fsp3) is 0.217. The molecule has 3 aromatic rings. The van der Waals surface area contributed by atoms with Gasteiger partial charge in [0, 0.05) is 55.5 Å². The number of carbonyl (C=O) groups excluding carboxylic acids is 2. The largest absolute Gasteiger partial charge is 0.338 e. The Morgan fingerprint density at radius 3 is 2.42 bits per heavy atom. The van der Waals surface area contributed by atoms with Crippen molar-refractivity contribution in [3.05, 3.63) is 94.7 Å². The minimum atomic E-state index is -0.244. The lowest BCUT2D eigenvalue weighted by Crippen LogP contribution is -2.35. The maximum atomic E-state index is 12.1. The van der Waals surface area contributed by atoms with Crippen LogP contribution < -0.4 is 21.5 Å². The van der Waals surface area contributed by atoms with Gasteiger partial charge in [0.2, 0.25) is 5.56 Å². The molecule has 0 saturated carbocycles. The van der Waals surface area contributed by atoms with Crippen molar-refractivity contribution in [2.45, 2.75) is 25.9 Å². The minimum Gasteiger partial charge on any atom is -0.338 e. The molecule has 0 spiro atoms. The first-order valence-electron chi connectivity index (χ1n) is 10.1. The summed E-state index contributed by atoms with van der Waals surface area (Å²) in [6, 6.07) is 15.4. The number of unbranched alkanes of at least 4 members (excludes halogenated alkanes) is 1. The minimum absolute atomic E-state index is 0.0175. The summed E-state index contributed by atoms with van der Waals surface area (Å²) in [6.45, 7) is 1.55. The van der Waals surface area contributed by atoms with Crippen LogP contribution >= 0.6 is 0 Å². The van der Waals surface area contributed by atoms with Crippen LogP contribution in [0.2, 0.25) is 0 Å². The summed E-state index contributed by atoms with van der Waals surface area (Å²) < 4.78 is 1.66. The molecule has 0 aliphatic heterocycles. The van der Waals surface area contributed by atoms with Crippen molar-refractivity contribution in [2.75, 3.05) is 11.9 Å². The molecular formula is C23H25N5O3. The van der Waals surface area contributed by atoms with Crippen LogP contribution in [0.15, 0.2) is 78.0 Å². The fourth-order valence-electron chi connectivity index (χ4n) is 2.91. The zero-order chi connectivity index (χ0) is 21.9. The molecule has 0 saturated heterocycles. The predicted molar refractivity (Wildman–Crippen MR) is 119 cm³/mol. The molecule has 2 aromatic heterocycles. The Bertz CT molecular complexity index is 1050. The van der Waals surface area contributed by atoms with Gasteiger partial charge >= 0.3 is 6.03 Å². The Hall–Kier alpha value is -3.94. The van der Waals surface area contributed by atoms with E-state index < -0.39 is 0 Å². The van der Waals surface area contributed by atoms with Gasteiger partial charge in [0.15, 0.2) is 0 Å². The van der Waals surface area contributed by atoms with E-state index in [4.69, 9.17) is 0 Å². The van der Waals surface area contributed by atoms with Crippen molar-refractivity contribution in [2.24, 2.45) is 0 Å². The van der Waals surface area contributed by atoms with Crippen molar-refractivity contribution in [1.82, 2.24) is 20.2 Å². The number of hydrogen-bond acceptors (Lipinski definition) is 4. The summed E-state index contributed by atoms with van der Waals surface area (Å²) in [7, 11) is 0. The Kier molecular flexibility index (Phi) is 7.93. The number of nitrogens with one attached hydrogen (secondary N) is 3. The monoisotopic (exact) mass is 419 g/mol. The van der Waals surface area contributed by atoms with E-state index in [0.717, 1.165) is 18.4 Å². The van der Waals surface area contributed by atoms with E-state index in [0.29, 0.717) is 30.9 Å². The van der Waals surface area contributed by atoms with Crippen LogP contribution in [-0.2, 0) is 13.1 Å². The highest BCUT2D eigenvalue weighted by Gasteiger charge is 2.06. The number of amides is 3. The zero-order valence-corrected chi connectivity index (χ0v) is 17.1. The molecule has 31 heavy (non-hydrogen) atoms. The smallest absolute Gasteiger partial charge is 0.315 e. The number of urea groups is 1. The lowest BCUT2D eigenvalue weighted by atomic mass is 10.2. The first-order valence-corrected chi connectivity index (χ1v) is 10.1. The van der Waals surface area contributed by atoms with Crippen LogP contribution in [0.4, 0.5) is 10.5 Å². The molecule has 3 rings (SSSR count). The molecule has 160 valence electrons. The number of carbonyl (C=O) groups is 2. The van der Waals surface area contributed by atoms with Crippen molar-refractivity contribution in [1.29, 1.82) is 0 Å². The van der Waals surface area contributed by atoms with Gasteiger partial charge in [0.1, 0.15) is 0 Å². The fourth-order valence-corrected chi connectivity index (χ4v) is 2.91. The third-order valence-corrected chi connectivity index (χ3v) is 4.62. The van der Waals surface area contributed by atoms with Gasteiger partial charge in [-0.15, -0.1) is 0 Å². The Balaban J connectivity index is 1.33. The number of aromatic nitrogens is 2. The van der Waals surface area contributed by atoms with E-state index in [9.17, 15) is 14.4 Å². The first-order chi connectivity index (χ1) is 15.1. The molecule has 0 bridgehead atoms. The van der Waals surface area contributed by atoms with Crippen molar-refractivity contribution in [3.8, 4) is 0 Å². The number of anilines is 1. The summed E-state index contributed by atoms with van der Waals surface area (Å²) in [5.41, 5.74) is 2.11. The Morgan fingerprint density at radius 2 is 1.68 bits per heavy atom. The van der Waals surface area contributed by atoms with E-state index in [1.165, 1.54) is 6.07 Å². The van der Waals surface area contributed by atoms with Crippen LogP contribution in [0, 0.1) is 0 Å². The van der Waals surface area contributed by atoms with Crippen LogP contribution in [-0.4, -0.2) is 28.0 Å². The first kappa shape index (κ1) is 21.8. The second-order valence-corrected chi connectivity index (χ2v) is 6.94. The third-order valence-electron chi connectivity index (χ3n) is 4.62. The molecule has 1 aromatic carbocycles. The van der Waals surface area contributed by atoms with Crippen LogP contribution in [0.25, 0.3) is 0 Å². The van der Waals surface area contributed by atoms with E-state index in [-0.39, 0.29) is 17.5 Å². The van der Waals surface area contributed by atoms with Gasteiger partial charge in [-0.05, 0) is 48.7 Å². The number of benzene rings is 1. The molecule has 0 unspecified atom stereocenters. The summed E-state index contributed by atoms with van der Waals surface area (Å²) >= 11 is 0. The average molecular weight is 419 g/mol. The third kappa shape index (κ3) is 7.11. The van der Waals surface area contributed by atoms with Crippen LogP contribution in [0.1, 0.15) is 28.8 Å². The second-order valence-electron chi connectivity index (χ2n) is 6.94. The maximum absolute atomic E-state index is 12.1. The standard InChI is InChI=1S/C23H25N5O3/c29-21-5-1-3-15-28(21)16-4-2-12-25-23(31)26-17-18-6-8-20(9-7-18)27-22(30)19-10-13-24-14-11-19/h1,3,5-11,13-15H,2,4,12,16-17H2,(H,27,30)(H2,25,26,31). The number of hydrogen-bond donors (Lipinski definition) is 3. The molecule has 0 aliphatic carbocycles. The number of pyridine rings is 2. The molecule has 0 radical (unpaired) electrons. The predicted octanol–water partition coefficient (Wildman–Crippen LogP) is 2.78. The number of rotatable bonds is 9. The van der Waals surface area contributed by atoms with Gasteiger partial charge in [-0.3, -0.25) is 14.6 Å². The molecule has 8 heteroatoms. The SMILES string of the molecule is O=C(NCCCCn1ccccc1=O)NCc1ccc(NC(=O)c2ccncc2)cc1. The average Bonchev–Trinajstić information content (AvgIpc) is 2.80. The summed E-state index contributed by atoms with van der Waals surface area (Å²) in [5, 5.41) is 8.43. The van der Waals surface area contributed by atoms with Gasteiger partial charge < -0.3 is 20.5 Å². The lowest BCUT2D eigenvalue weighted by molar-refractivity contribution is 0.102. The Morgan fingerprint density at radius 1 is 0.903 bits per heavy atom. The number of nitrogens with zero attached hydrogens (tertiary/aromatic N) is 2. The molecule has 3 N–H and O–H groups in total.